The topological polar surface area (TPSA) is 75.4 Å². The fourth-order valence-electron chi connectivity index (χ4n) is 3.65. The van der Waals surface area contributed by atoms with Crippen molar-refractivity contribution in [2.24, 2.45) is 17.1 Å². The Hall–Kier alpha value is -0.810. The molecule has 0 spiro atoms. The molecule has 5 nitrogen and oxygen atoms in total. The maximum atomic E-state index is 12.4. The summed E-state index contributed by atoms with van der Waals surface area (Å²) in [5.41, 5.74) is 5.48. The minimum Gasteiger partial charge on any atom is -0.355 e. The van der Waals surface area contributed by atoms with Gasteiger partial charge in [-0.1, -0.05) is 12.8 Å². The van der Waals surface area contributed by atoms with Gasteiger partial charge < -0.3 is 16.0 Å². The number of nitrogens with one attached hydrogen (secondary N) is 1. The van der Waals surface area contributed by atoms with E-state index in [1.807, 2.05) is 0 Å². The van der Waals surface area contributed by atoms with Crippen LogP contribution in [-0.4, -0.2) is 43.4 Å². The van der Waals surface area contributed by atoms with E-state index in [4.69, 9.17) is 5.73 Å². The van der Waals surface area contributed by atoms with Crippen molar-refractivity contribution < 1.29 is 9.59 Å². The van der Waals surface area contributed by atoms with Gasteiger partial charge in [-0.3, -0.25) is 9.59 Å². The van der Waals surface area contributed by atoms with Gasteiger partial charge in [0.2, 0.25) is 11.8 Å². The predicted molar refractivity (Wildman–Crippen MR) is 85.2 cm³/mol. The van der Waals surface area contributed by atoms with Gasteiger partial charge in [0.1, 0.15) is 0 Å². The Kier molecular flexibility index (Phi) is 6.47. The van der Waals surface area contributed by atoms with Crippen LogP contribution in [0.2, 0.25) is 0 Å². The minimum absolute atomic E-state index is 0. The molecule has 2 aliphatic rings. The molecule has 2 fully saturated rings. The third kappa shape index (κ3) is 4.10. The lowest BCUT2D eigenvalue weighted by Crippen LogP contribution is -2.47. The standard InChI is InChI=1S/C15H27N3O2.ClH/c1-18(2)14(20)15(7-3-4-8-15)10-17-13(19)11-5-6-12(16)9-11;/h11-12H,3-10,16H2,1-2H3,(H,17,19);1H. The number of hydrogen-bond acceptors (Lipinski definition) is 3. The van der Waals surface area contributed by atoms with E-state index in [9.17, 15) is 9.59 Å². The van der Waals surface area contributed by atoms with Gasteiger partial charge in [0.05, 0.1) is 5.41 Å². The Morgan fingerprint density at radius 3 is 2.33 bits per heavy atom. The summed E-state index contributed by atoms with van der Waals surface area (Å²) in [7, 11) is 3.58. The summed E-state index contributed by atoms with van der Waals surface area (Å²) in [5.74, 6) is 0.270. The first-order valence-electron chi connectivity index (χ1n) is 7.70. The van der Waals surface area contributed by atoms with E-state index in [1.54, 1.807) is 19.0 Å². The maximum Gasteiger partial charge on any atom is 0.230 e. The molecular formula is C15H28ClN3O2. The Morgan fingerprint density at radius 1 is 1.24 bits per heavy atom. The summed E-state index contributed by atoms with van der Waals surface area (Å²) >= 11 is 0. The molecule has 0 saturated heterocycles. The van der Waals surface area contributed by atoms with Crippen LogP contribution in [0.3, 0.4) is 0 Å². The van der Waals surface area contributed by atoms with E-state index in [0.29, 0.717) is 6.54 Å². The van der Waals surface area contributed by atoms with Crippen LogP contribution in [0.15, 0.2) is 0 Å². The zero-order chi connectivity index (χ0) is 14.8. The van der Waals surface area contributed by atoms with Crippen LogP contribution in [0.1, 0.15) is 44.9 Å². The summed E-state index contributed by atoms with van der Waals surface area (Å²) in [4.78, 5) is 26.3. The lowest BCUT2D eigenvalue weighted by molar-refractivity contribution is -0.139. The van der Waals surface area contributed by atoms with Crippen molar-refractivity contribution in [3.8, 4) is 0 Å². The van der Waals surface area contributed by atoms with Gasteiger partial charge in [0.25, 0.3) is 0 Å². The van der Waals surface area contributed by atoms with Crippen molar-refractivity contribution in [2.45, 2.75) is 51.0 Å². The van der Waals surface area contributed by atoms with E-state index < -0.39 is 0 Å². The van der Waals surface area contributed by atoms with Crippen LogP contribution in [0.4, 0.5) is 0 Å². The summed E-state index contributed by atoms with van der Waals surface area (Å²) in [6.45, 7) is 0.481. The van der Waals surface area contributed by atoms with Crippen molar-refractivity contribution in [3.05, 3.63) is 0 Å². The molecule has 21 heavy (non-hydrogen) atoms. The molecule has 0 radical (unpaired) electrons. The van der Waals surface area contributed by atoms with Crippen molar-refractivity contribution in [3.63, 3.8) is 0 Å². The van der Waals surface area contributed by atoms with Crippen LogP contribution in [-0.2, 0) is 9.59 Å². The lowest BCUT2D eigenvalue weighted by Gasteiger charge is -2.31. The second-order valence-corrected chi connectivity index (χ2v) is 6.67. The molecule has 0 aromatic rings. The van der Waals surface area contributed by atoms with E-state index in [0.717, 1.165) is 44.9 Å². The second kappa shape index (κ2) is 7.45. The Balaban J connectivity index is 0.00000220. The van der Waals surface area contributed by atoms with Crippen LogP contribution in [0.25, 0.3) is 0 Å². The van der Waals surface area contributed by atoms with E-state index >= 15 is 0 Å². The molecular weight excluding hydrogens is 290 g/mol. The zero-order valence-electron chi connectivity index (χ0n) is 13.1. The third-order valence-electron chi connectivity index (χ3n) is 4.87. The molecule has 2 amide bonds. The molecule has 3 N–H and O–H groups in total. The first kappa shape index (κ1) is 18.2. The number of nitrogens with zero attached hydrogens (tertiary/aromatic N) is 1. The number of carbonyl (C=O) groups is 2. The number of carbonyl (C=O) groups excluding carboxylic acids is 2. The molecule has 2 saturated carbocycles. The highest BCUT2D eigenvalue weighted by atomic mass is 35.5. The van der Waals surface area contributed by atoms with Gasteiger partial charge in [-0.25, -0.2) is 0 Å². The van der Waals surface area contributed by atoms with Gasteiger partial charge in [0.15, 0.2) is 0 Å². The largest absolute Gasteiger partial charge is 0.355 e. The van der Waals surface area contributed by atoms with Crippen molar-refractivity contribution in [1.29, 1.82) is 0 Å². The van der Waals surface area contributed by atoms with Gasteiger partial charge in [-0.05, 0) is 32.1 Å². The smallest absolute Gasteiger partial charge is 0.230 e. The predicted octanol–water partition coefficient (Wildman–Crippen LogP) is 1.30. The molecule has 2 aliphatic carbocycles. The minimum atomic E-state index is -0.375. The molecule has 0 aliphatic heterocycles. The summed E-state index contributed by atoms with van der Waals surface area (Å²) in [6.07, 6.45) is 6.50. The monoisotopic (exact) mass is 317 g/mol. The highest BCUT2D eigenvalue weighted by Crippen LogP contribution is 2.39. The van der Waals surface area contributed by atoms with Gasteiger partial charge in [0, 0.05) is 32.6 Å². The number of halogens is 1. The van der Waals surface area contributed by atoms with E-state index in [2.05, 4.69) is 5.32 Å². The fourth-order valence-corrected chi connectivity index (χ4v) is 3.65. The summed E-state index contributed by atoms with van der Waals surface area (Å²) < 4.78 is 0. The average molecular weight is 318 g/mol. The van der Waals surface area contributed by atoms with Gasteiger partial charge in [-0.15, -0.1) is 12.4 Å². The van der Waals surface area contributed by atoms with Crippen LogP contribution in [0, 0.1) is 11.3 Å². The number of hydrogen-bond donors (Lipinski definition) is 2. The molecule has 6 heteroatoms. The molecule has 0 heterocycles. The molecule has 122 valence electrons. The zero-order valence-corrected chi connectivity index (χ0v) is 13.9. The summed E-state index contributed by atoms with van der Waals surface area (Å²) in [5, 5.41) is 3.02. The first-order valence-corrected chi connectivity index (χ1v) is 7.70. The molecule has 0 bridgehead atoms. The third-order valence-corrected chi connectivity index (χ3v) is 4.87. The Labute approximate surface area is 133 Å². The van der Waals surface area contributed by atoms with Crippen LogP contribution < -0.4 is 11.1 Å². The molecule has 0 aromatic carbocycles. The number of amides is 2. The van der Waals surface area contributed by atoms with E-state index in [-0.39, 0.29) is 41.6 Å². The summed E-state index contributed by atoms with van der Waals surface area (Å²) in [6, 6.07) is 0.162. The molecule has 0 aromatic heterocycles. The maximum absolute atomic E-state index is 12.4. The number of rotatable bonds is 4. The fraction of sp³-hybridized carbons (Fsp3) is 0.867. The van der Waals surface area contributed by atoms with Crippen LogP contribution >= 0.6 is 12.4 Å². The van der Waals surface area contributed by atoms with Gasteiger partial charge in [-0.2, -0.15) is 0 Å². The van der Waals surface area contributed by atoms with Crippen molar-refractivity contribution in [2.75, 3.05) is 20.6 Å². The number of nitrogens with two attached hydrogens (primary N) is 1. The van der Waals surface area contributed by atoms with Crippen molar-refractivity contribution in [1.82, 2.24) is 10.2 Å². The van der Waals surface area contributed by atoms with E-state index in [1.165, 1.54) is 0 Å². The van der Waals surface area contributed by atoms with Gasteiger partial charge >= 0.3 is 0 Å². The first-order chi connectivity index (χ1) is 9.44. The second-order valence-electron chi connectivity index (χ2n) is 6.67. The molecule has 2 rings (SSSR count). The highest BCUT2D eigenvalue weighted by Gasteiger charge is 2.42. The SMILES string of the molecule is CN(C)C(=O)C1(CNC(=O)C2CCC(N)C2)CCCC1.Cl. The highest BCUT2D eigenvalue weighted by molar-refractivity contribution is 5.85. The molecule has 2 unspecified atom stereocenters. The van der Waals surface area contributed by atoms with Crippen LogP contribution in [0.5, 0.6) is 0 Å². The quantitative estimate of drug-likeness (QED) is 0.820. The van der Waals surface area contributed by atoms with Crippen molar-refractivity contribution >= 4 is 24.2 Å². The normalized spacial score (nSPS) is 27.0. The Morgan fingerprint density at radius 2 is 1.86 bits per heavy atom. The molecule has 2 atom stereocenters. The Bertz CT molecular complexity index is 381. The lowest BCUT2D eigenvalue weighted by atomic mass is 9.84. The average Bonchev–Trinajstić information content (AvgIpc) is 3.04.